The second-order valence-electron chi connectivity index (χ2n) is 9.79. The molecule has 0 saturated carbocycles. The van der Waals surface area contributed by atoms with E-state index in [1.807, 2.05) is 0 Å². The molecule has 0 aromatic heterocycles. The number of ether oxygens (including phenoxy) is 1. The van der Waals surface area contributed by atoms with Gasteiger partial charge >= 0.3 is 5.97 Å². The normalized spacial score (nSPS) is 26.6. The Morgan fingerprint density at radius 2 is 1.46 bits per heavy atom. The molecule has 0 aromatic carbocycles. The number of rotatable bonds is 5. The Morgan fingerprint density at radius 3 is 1.88 bits per heavy atom. The minimum atomic E-state index is -2.06. The van der Waals surface area contributed by atoms with Gasteiger partial charge in [-0.25, -0.2) is 0 Å². The van der Waals surface area contributed by atoms with Crippen LogP contribution in [0.15, 0.2) is 0 Å². The van der Waals surface area contributed by atoms with Crippen LogP contribution in [0.1, 0.15) is 41.5 Å². The molecule has 1 fully saturated rings. The standard InChI is InChI=1S/C17H35ClO4Si2/c1-16(2,3)23(7,8)20-11-12-14(13(18)15(19)21-12)22-24(9,10)17(4,5)6/h12-14H,11H2,1-10H3/t12-,13-,14?/m1/s1. The molecule has 142 valence electrons. The number of cyclic esters (lactones) is 1. The van der Waals surface area contributed by atoms with E-state index in [1.165, 1.54) is 0 Å². The second kappa shape index (κ2) is 7.02. The summed E-state index contributed by atoms with van der Waals surface area (Å²) >= 11 is 6.30. The molecule has 4 nitrogen and oxygen atoms in total. The summed E-state index contributed by atoms with van der Waals surface area (Å²) in [5.41, 5.74) is 0. The molecule has 3 atom stereocenters. The lowest BCUT2D eigenvalue weighted by molar-refractivity contribution is -0.142. The molecule has 0 bridgehead atoms. The highest BCUT2D eigenvalue weighted by atomic mass is 35.5. The Bertz CT molecular complexity index is 466. The van der Waals surface area contributed by atoms with Gasteiger partial charge in [-0.1, -0.05) is 41.5 Å². The topological polar surface area (TPSA) is 44.8 Å². The molecule has 0 radical (unpaired) electrons. The molecule has 0 aliphatic carbocycles. The summed E-state index contributed by atoms with van der Waals surface area (Å²) in [6, 6.07) is 0. The van der Waals surface area contributed by atoms with Crippen molar-refractivity contribution in [1.82, 2.24) is 0 Å². The molecule has 1 aliphatic rings. The fourth-order valence-electron chi connectivity index (χ4n) is 1.89. The predicted molar refractivity (Wildman–Crippen MR) is 105 cm³/mol. The summed E-state index contributed by atoms with van der Waals surface area (Å²) in [6.07, 6.45) is -0.868. The molecular formula is C17H35ClO4Si2. The van der Waals surface area contributed by atoms with Crippen LogP contribution in [0, 0.1) is 0 Å². The van der Waals surface area contributed by atoms with Gasteiger partial charge in [0.1, 0.15) is 6.10 Å². The highest BCUT2D eigenvalue weighted by Gasteiger charge is 2.50. The Balaban J connectivity index is 2.88. The third kappa shape index (κ3) is 4.84. The van der Waals surface area contributed by atoms with Crippen LogP contribution in [0.2, 0.25) is 36.3 Å². The zero-order valence-electron chi connectivity index (χ0n) is 17.0. The Morgan fingerprint density at radius 1 is 1.00 bits per heavy atom. The first-order valence-corrected chi connectivity index (χ1v) is 14.9. The average molecular weight is 395 g/mol. The first kappa shape index (κ1) is 22.2. The lowest BCUT2D eigenvalue weighted by Gasteiger charge is -2.40. The minimum Gasteiger partial charge on any atom is -0.456 e. The van der Waals surface area contributed by atoms with Crippen LogP contribution in [0.25, 0.3) is 0 Å². The first-order chi connectivity index (χ1) is 10.5. The fraction of sp³-hybridized carbons (Fsp3) is 0.941. The Hall–Kier alpha value is 0.114. The van der Waals surface area contributed by atoms with Crippen molar-refractivity contribution >= 4 is 34.2 Å². The van der Waals surface area contributed by atoms with E-state index in [1.54, 1.807) is 0 Å². The second-order valence-corrected chi connectivity index (χ2v) is 19.8. The van der Waals surface area contributed by atoms with Crippen molar-refractivity contribution in [3.8, 4) is 0 Å². The molecule has 0 aromatic rings. The SMILES string of the molecule is CC(C)(C)[Si](C)(C)OC[C@H]1OC(=O)[C@H](Cl)C1O[Si](C)(C)C(C)(C)C. The molecular weight excluding hydrogens is 360 g/mol. The van der Waals surface area contributed by atoms with Crippen molar-refractivity contribution in [3.05, 3.63) is 0 Å². The number of hydrogen-bond acceptors (Lipinski definition) is 4. The summed E-state index contributed by atoms with van der Waals surface area (Å²) in [5, 5.41) is -0.613. The van der Waals surface area contributed by atoms with Crippen LogP contribution in [-0.2, 0) is 18.4 Å². The van der Waals surface area contributed by atoms with Gasteiger partial charge in [-0.3, -0.25) is 4.79 Å². The van der Waals surface area contributed by atoms with Crippen LogP contribution in [0.4, 0.5) is 0 Å². The van der Waals surface area contributed by atoms with Crippen molar-refractivity contribution in [3.63, 3.8) is 0 Å². The maximum Gasteiger partial charge on any atom is 0.327 e. The van der Waals surface area contributed by atoms with Crippen LogP contribution >= 0.6 is 11.6 Å². The van der Waals surface area contributed by atoms with E-state index in [0.717, 1.165) is 0 Å². The van der Waals surface area contributed by atoms with Gasteiger partial charge in [-0.05, 0) is 36.3 Å². The monoisotopic (exact) mass is 394 g/mol. The van der Waals surface area contributed by atoms with Gasteiger partial charge in [0.05, 0.1) is 6.61 Å². The molecule has 1 aliphatic heterocycles. The van der Waals surface area contributed by atoms with Gasteiger partial charge in [-0.15, -0.1) is 11.6 Å². The summed E-state index contributed by atoms with van der Waals surface area (Å²) in [5.74, 6) is -0.399. The molecule has 24 heavy (non-hydrogen) atoms. The predicted octanol–water partition coefficient (Wildman–Crippen LogP) is 4.93. The van der Waals surface area contributed by atoms with Crippen LogP contribution in [0.3, 0.4) is 0 Å². The van der Waals surface area contributed by atoms with Gasteiger partial charge in [0.25, 0.3) is 0 Å². The molecule has 0 spiro atoms. The summed E-state index contributed by atoms with van der Waals surface area (Å²) < 4.78 is 18.1. The number of esters is 1. The maximum absolute atomic E-state index is 12.0. The van der Waals surface area contributed by atoms with E-state index in [0.29, 0.717) is 6.61 Å². The van der Waals surface area contributed by atoms with E-state index in [2.05, 4.69) is 67.7 Å². The number of hydrogen-bond donors (Lipinski definition) is 0. The molecule has 1 unspecified atom stereocenters. The summed E-state index contributed by atoms with van der Waals surface area (Å²) in [6.45, 7) is 22.1. The molecule has 0 N–H and O–H groups in total. The van der Waals surface area contributed by atoms with Gasteiger partial charge < -0.3 is 13.6 Å². The highest BCUT2D eigenvalue weighted by molar-refractivity contribution is 6.74. The maximum atomic E-state index is 12.0. The largest absolute Gasteiger partial charge is 0.456 e. The van der Waals surface area contributed by atoms with Gasteiger partial charge in [0.2, 0.25) is 0 Å². The Kier molecular flexibility index (Phi) is 6.48. The lowest BCUT2D eigenvalue weighted by atomic mass is 10.2. The van der Waals surface area contributed by atoms with E-state index in [-0.39, 0.29) is 10.1 Å². The molecule has 1 heterocycles. The highest BCUT2D eigenvalue weighted by Crippen LogP contribution is 2.41. The zero-order valence-corrected chi connectivity index (χ0v) is 19.7. The van der Waals surface area contributed by atoms with Gasteiger partial charge in [0.15, 0.2) is 28.1 Å². The molecule has 1 saturated heterocycles. The van der Waals surface area contributed by atoms with Crippen molar-refractivity contribution in [2.24, 2.45) is 0 Å². The van der Waals surface area contributed by atoms with Crippen molar-refractivity contribution in [1.29, 1.82) is 0 Å². The van der Waals surface area contributed by atoms with E-state index < -0.39 is 40.2 Å². The van der Waals surface area contributed by atoms with Gasteiger partial charge in [-0.2, -0.15) is 0 Å². The van der Waals surface area contributed by atoms with Crippen LogP contribution in [-0.4, -0.2) is 46.8 Å². The van der Waals surface area contributed by atoms with E-state index in [4.69, 9.17) is 25.2 Å². The number of halogens is 1. The smallest absolute Gasteiger partial charge is 0.327 e. The quantitative estimate of drug-likeness (QED) is 0.376. The Labute approximate surface area is 154 Å². The summed E-state index contributed by atoms with van der Waals surface area (Å²) in [7, 11) is -3.98. The molecule has 1 rings (SSSR count). The van der Waals surface area contributed by atoms with Crippen LogP contribution in [0.5, 0.6) is 0 Å². The first-order valence-electron chi connectivity index (χ1n) is 8.66. The van der Waals surface area contributed by atoms with Crippen LogP contribution < -0.4 is 0 Å². The fourth-order valence-corrected chi connectivity index (χ4v) is 4.58. The third-order valence-electron chi connectivity index (χ3n) is 5.80. The average Bonchev–Trinajstić information content (AvgIpc) is 2.61. The van der Waals surface area contributed by atoms with E-state index >= 15 is 0 Å². The summed E-state index contributed by atoms with van der Waals surface area (Å²) in [4.78, 5) is 12.0. The van der Waals surface area contributed by atoms with E-state index in [9.17, 15) is 4.79 Å². The molecule has 0 amide bonds. The lowest BCUT2D eigenvalue weighted by Crippen LogP contribution is -2.50. The number of carbonyl (C=O) groups excluding carboxylic acids is 1. The minimum absolute atomic E-state index is 0.0418. The number of carbonyl (C=O) groups is 1. The zero-order chi connectivity index (χ0) is 19.1. The van der Waals surface area contributed by atoms with Crippen molar-refractivity contribution in [2.75, 3.05) is 6.61 Å². The van der Waals surface area contributed by atoms with Crippen molar-refractivity contribution in [2.45, 2.75) is 95.4 Å². The third-order valence-corrected chi connectivity index (χ3v) is 15.2. The van der Waals surface area contributed by atoms with Gasteiger partial charge in [0, 0.05) is 0 Å². The molecule has 7 heteroatoms. The van der Waals surface area contributed by atoms with Crippen molar-refractivity contribution < 1.29 is 18.4 Å². The number of alkyl halides is 1.